The zero-order valence-electron chi connectivity index (χ0n) is 15.4. The van der Waals surface area contributed by atoms with Crippen LogP contribution >= 0.6 is 34.5 Å². The van der Waals surface area contributed by atoms with E-state index in [0.29, 0.717) is 33.6 Å². The zero-order chi connectivity index (χ0) is 20.3. The highest BCUT2D eigenvalue weighted by molar-refractivity contribution is 7.23. The molecule has 1 aliphatic heterocycles. The summed E-state index contributed by atoms with van der Waals surface area (Å²) < 4.78 is 6.49. The van der Waals surface area contributed by atoms with Crippen LogP contribution < -0.4 is 5.32 Å². The van der Waals surface area contributed by atoms with E-state index in [1.165, 1.54) is 11.3 Å². The number of rotatable bonds is 4. The minimum absolute atomic E-state index is 0.0623. The Labute approximate surface area is 180 Å². The fourth-order valence-corrected chi connectivity index (χ4v) is 5.51. The van der Waals surface area contributed by atoms with Crippen molar-refractivity contribution in [2.24, 2.45) is 0 Å². The first-order valence-corrected chi connectivity index (χ1v) is 10.7. The minimum atomic E-state index is -0.369. The molecule has 0 unspecified atom stereocenters. The molecule has 6 nitrogen and oxygen atoms in total. The van der Waals surface area contributed by atoms with Crippen LogP contribution in [0.25, 0.3) is 10.2 Å². The summed E-state index contributed by atoms with van der Waals surface area (Å²) in [5.41, 5.74) is 3.26. The van der Waals surface area contributed by atoms with Crippen molar-refractivity contribution in [1.82, 2.24) is 15.2 Å². The number of benzene rings is 1. The van der Waals surface area contributed by atoms with Crippen molar-refractivity contribution in [2.75, 3.05) is 13.7 Å². The van der Waals surface area contributed by atoms with Gasteiger partial charge >= 0.3 is 0 Å². The molecule has 0 bridgehead atoms. The molecule has 5 rings (SSSR count). The summed E-state index contributed by atoms with van der Waals surface area (Å²) in [4.78, 5) is 30.3. The molecule has 3 heterocycles. The Morgan fingerprint density at radius 1 is 1.31 bits per heavy atom. The largest absolute Gasteiger partial charge is 0.363 e. The monoisotopic (exact) mass is 449 g/mol. The molecule has 0 saturated carbocycles. The standard InChI is InChI=1S/C20H17Cl2N3O3S/c1-25(20(27)13-8-28-13)17-10-5-3-2-4-9(10)6-11(17)24-19(26)12-7-14-16(23-12)15(21)18(22)29-14/h2-5,7,11,13,17,23H,6,8H2,1H3,(H,24,26)/t11-,13+,17-/m1/s1. The Bertz CT molecular complexity index is 1140. The first kappa shape index (κ1) is 18.9. The number of fused-ring (bicyclic) bond motifs is 2. The van der Waals surface area contributed by atoms with E-state index in [-0.39, 0.29) is 30.0 Å². The third-order valence-corrected chi connectivity index (χ3v) is 7.43. The van der Waals surface area contributed by atoms with Crippen LogP contribution in [-0.4, -0.2) is 47.5 Å². The number of thiophene rings is 1. The molecule has 3 aromatic rings. The summed E-state index contributed by atoms with van der Waals surface area (Å²) in [6.07, 6.45) is 0.281. The molecule has 29 heavy (non-hydrogen) atoms. The molecular weight excluding hydrogens is 433 g/mol. The summed E-state index contributed by atoms with van der Waals surface area (Å²) in [7, 11) is 1.77. The van der Waals surface area contributed by atoms with Gasteiger partial charge in [0.15, 0.2) is 6.10 Å². The molecule has 2 N–H and O–H groups in total. The van der Waals surface area contributed by atoms with Crippen LogP contribution in [0.4, 0.5) is 0 Å². The lowest BCUT2D eigenvalue weighted by Gasteiger charge is -2.30. The number of nitrogens with one attached hydrogen (secondary N) is 2. The number of nitrogens with zero attached hydrogens (tertiary/aromatic N) is 1. The van der Waals surface area contributed by atoms with Crippen LogP contribution in [0.3, 0.4) is 0 Å². The second-order valence-electron chi connectivity index (χ2n) is 7.31. The second kappa shape index (κ2) is 7.02. The van der Waals surface area contributed by atoms with Gasteiger partial charge in [-0.15, -0.1) is 11.3 Å². The van der Waals surface area contributed by atoms with Gasteiger partial charge in [-0.2, -0.15) is 0 Å². The Balaban J connectivity index is 1.42. The van der Waals surface area contributed by atoms with Gasteiger partial charge in [-0.05, 0) is 23.6 Å². The lowest BCUT2D eigenvalue weighted by Crippen LogP contribution is -2.46. The number of epoxide rings is 1. The number of hydrogen-bond donors (Lipinski definition) is 2. The molecule has 1 saturated heterocycles. The van der Waals surface area contributed by atoms with Crippen LogP contribution in [0.1, 0.15) is 27.7 Å². The van der Waals surface area contributed by atoms with E-state index in [1.807, 2.05) is 24.3 Å². The number of carbonyl (C=O) groups is 2. The number of aromatic nitrogens is 1. The summed E-state index contributed by atoms with van der Waals surface area (Å²) in [6, 6.07) is 9.22. The molecular formula is C20H17Cl2N3O3S. The number of aromatic amines is 1. The Morgan fingerprint density at radius 3 is 2.79 bits per heavy atom. The summed E-state index contributed by atoms with van der Waals surface area (Å²) >= 11 is 13.6. The molecule has 2 amide bonds. The maximum Gasteiger partial charge on any atom is 0.268 e. The Hall–Kier alpha value is -2.06. The summed E-state index contributed by atoms with van der Waals surface area (Å²) in [5, 5.41) is 3.52. The summed E-state index contributed by atoms with van der Waals surface area (Å²) in [5.74, 6) is -0.306. The minimum Gasteiger partial charge on any atom is -0.363 e. The van der Waals surface area contributed by atoms with Gasteiger partial charge in [-0.25, -0.2) is 0 Å². The van der Waals surface area contributed by atoms with Crippen molar-refractivity contribution in [2.45, 2.75) is 24.6 Å². The predicted molar refractivity (Wildman–Crippen MR) is 113 cm³/mol. The van der Waals surface area contributed by atoms with E-state index in [9.17, 15) is 9.59 Å². The fourth-order valence-electron chi connectivity index (χ4n) is 4.02. The normalized spacial score (nSPS) is 22.5. The third-order valence-electron chi connectivity index (χ3n) is 5.50. The highest BCUT2D eigenvalue weighted by Gasteiger charge is 2.42. The Morgan fingerprint density at radius 2 is 2.07 bits per heavy atom. The van der Waals surface area contributed by atoms with E-state index < -0.39 is 0 Å². The van der Waals surface area contributed by atoms with E-state index >= 15 is 0 Å². The fraction of sp³-hybridized carbons (Fsp3) is 0.300. The van der Waals surface area contributed by atoms with Gasteiger partial charge in [0.05, 0.1) is 33.9 Å². The van der Waals surface area contributed by atoms with Crippen molar-refractivity contribution in [1.29, 1.82) is 0 Å². The first-order valence-electron chi connectivity index (χ1n) is 9.17. The second-order valence-corrected chi connectivity index (χ2v) is 9.34. The van der Waals surface area contributed by atoms with Crippen LogP contribution in [-0.2, 0) is 16.0 Å². The number of likely N-dealkylation sites (N-methyl/N-ethyl adjacent to an activating group) is 1. The number of ether oxygens (including phenoxy) is 1. The molecule has 150 valence electrons. The average Bonchev–Trinajstić information content (AvgIpc) is 3.29. The van der Waals surface area contributed by atoms with Crippen molar-refractivity contribution in [3.05, 3.63) is 56.5 Å². The van der Waals surface area contributed by atoms with Crippen LogP contribution in [0.2, 0.25) is 9.36 Å². The number of halogens is 2. The number of amides is 2. The Kier molecular flexibility index (Phi) is 4.58. The van der Waals surface area contributed by atoms with E-state index in [4.69, 9.17) is 27.9 Å². The zero-order valence-corrected chi connectivity index (χ0v) is 17.7. The third kappa shape index (κ3) is 3.22. The molecule has 2 aromatic heterocycles. The highest BCUT2D eigenvalue weighted by atomic mass is 35.5. The van der Waals surface area contributed by atoms with E-state index in [0.717, 1.165) is 15.8 Å². The number of H-pyrrole nitrogens is 1. The highest BCUT2D eigenvalue weighted by Crippen LogP contribution is 2.39. The predicted octanol–water partition coefficient (Wildman–Crippen LogP) is 3.79. The van der Waals surface area contributed by atoms with Crippen molar-refractivity contribution in [3.8, 4) is 0 Å². The number of carbonyl (C=O) groups excluding carboxylic acids is 2. The lowest BCUT2D eigenvalue weighted by atomic mass is 10.0. The first-order chi connectivity index (χ1) is 13.9. The molecule has 3 atom stereocenters. The maximum absolute atomic E-state index is 13.0. The van der Waals surface area contributed by atoms with Crippen molar-refractivity contribution < 1.29 is 14.3 Å². The molecule has 1 aromatic carbocycles. The molecule has 0 radical (unpaired) electrons. The lowest BCUT2D eigenvalue weighted by molar-refractivity contribution is -0.133. The summed E-state index contributed by atoms with van der Waals surface area (Å²) in [6.45, 7) is 0.455. The van der Waals surface area contributed by atoms with E-state index in [1.54, 1.807) is 18.0 Å². The number of hydrogen-bond acceptors (Lipinski definition) is 4. The van der Waals surface area contributed by atoms with E-state index in [2.05, 4.69) is 10.3 Å². The van der Waals surface area contributed by atoms with Crippen LogP contribution in [0.5, 0.6) is 0 Å². The van der Waals surface area contributed by atoms with Gasteiger partial charge in [0.2, 0.25) is 0 Å². The smallest absolute Gasteiger partial charge is 0.268 e. The average molecular weight is 450 g/mol. The topological polar surface area (TPSA) is 77.7 Å². The molecule has 0 spiro atoms. The van der Waals surface area contributed by atoms with Crippen molar-refractivity contribution in [3.63, 3.8) is 0 Å². The molecule has 2 aliphatic rings. The van der Waals surface area contributed by atoms with Crippen LogP contribution in [0, 0.1) is 0 Å². The molecule has 1 fully saturated rings. The van der Waals surface area contributed by atoms with Gasteiger partial charge in [0, 0.05) is 7.05 Å². The quantitative estimate of drug-likeness (QED) is 0.594. The van der Waals surface area contributed by atoms with Gasteiger partial charge in [0.1, 0.15) is 10.0 Å². The molecule has 1 aliphatic carbocycles. The van der Waals surface area contributed by atoms with Crippen molar-refractivity contribution >= 4 is 56.6 Å². The maximum atomic E-state index is 13.0. The van der Waals surface area contributed by atoms with Crippen LogP contribution in [0.15, 0.2) is 30.3 Å². The van der Waals surface area contributed by atoms with Gasteiger partial charge < -0.3 is 19.9 Å². The SMILES string of the molecule is CN(C(=O)[C@@H]1CO1)[C@@H]1c2ccccc2C[C@H]1NC(=O)c1cc2sc(Cl)c(Cl)c2[nH]1. The van der Waals surface area contributed by atoms with Gasteiger partial charge in [-0.1, -0.05) is 47.5 Å². The van der Waals surface area contributed by atoms with Gasteiger partial charge in [0.25, 0.3) is 11.8 Å². The van der Waals surface area contributed by atoms with Gasteiger partial charge in [-0.3, -0.25) is 9.59 Å². The molecule has 9 heteroatoms.